The van der Waals surface area contributed by atoms with Crippen molar-refractivity contribution in [1.29, 1.82) is 0 Å². The minimum absolute atomic E-state index is 0.0723. The SMILES string of the molecule is CCC(CC)N(CCO)c1cccc(C(F)(F)F)n1. The molecular formula is C13H19F3N2O. The Morgan fingerprint density at radius 2 is 1.89 bits per heavy atom. The van der Waals surface area contributed by atoms with Crippen LogP contribution in [0.1, 0.15) is 32.4 Å². The van der Waals surface area contributed by atoms with E-state index in [9.17, 15) is 13.2 Å². The van der Waals surface area contributed by atoms with Crippen LogP contribution in [0.3, 0.4) is 0 Å². The number of alkyl halides is 3. The van der Waals surface area contributed by atoms with Crippen molar-refractivity contribution in [2.45, 2.75) is 38.9 Å². The Morgan fingerprint density at radius 1 is 1.26 bits per heavy atom. The van der Waals surface area contributed by atoms with Gasteiger partial charge >= 0.3 is 6.18 Å². The van der Waals surface area contributed by atoms with Gasteiger partial charge in [-0.1, -0.05) is 19.9 Å². The maximum atomic E-state index is 12.7. The van der Waals surface area contributed by atoms with Crippen molar-refractivity contribution in [2.24, 2.45) is 0 Å². The molecule has 0 spiro atoms. The highest BCUT2D eigenvalue weighted by atomic mass is 19.4. The molecule has 1 heterocycles. The van der Waals surface area contributed by atoms with E-state index in [0.717, 1.165) is 18.9 Å². The largest absolute Gasteiger partial charge is 0.433 e. The summed E-state index contributed by atoms with van der Waals surface area (Å²) in [4.78, 5) is 5.40. The Balaban J connectivity index is 3.09. The molecule has 0 aliphatic rings. The summed E-state index contributed by atoms with van der Waals surface area (Å²) >= 11 is 0. The van der Waals surface area contributed by atoms with Gasteiger partial charge in [0.1, 0.15) is 11.5 Å². The van der Waals surface area contributed by atoms with Gasteiger partial charge in [0.2, 0.25) is 0 Å². The third-order valence-electron chi connectivity index (χ3n) is 3.04. The molecule has 1 N–H and O–H groups in total. The Labute approximate surface area is 111 Å². The fourth-order valence-electron chi connectivity index (χ4n) is 2.06. The van der Waals surface area contributed by atoms with Gasteiger partial charge in [-0.15, -0.1) is 0 Å². The predicted octanol–water partition coefficient (Wildman–Crippen LogP) is 3.09. The van der Waals surface area contributed by atoms with E-state index in [4.69, 9.17) is 5.11 Å². The van der Waals surface area contributed by atoms with Crippen LogP contribution >= 0.6 is 0 Å². The highest BCUT2D eigenvalue weighted by molar-refractivity contribution is 5.41. The van der Waals surface area contributed by atoms with Crippen LogP contribution in [0.15, 0.2) is 18.2 Å². The molecule has 0 saturated heterocycles. The van der Waals surface area contributed by atoms with Gasteiger partial charge in [0.05, 0.1) is 6.61 Å². The number of aromatic nitrogens is 1. The Kier molecular flexibility index (Phi) is 5.60. The maximum Gasteiger partial charge on any atom is 0.433 e. The lowest BCUT2D eigenvalue weighted by Gasteiger charge is -2.31. The summed E-state index contributed by atoms with van der Waals surface area (Å²) in [5, 5.41) is 9.08. The zero-order valence-electron chi connectivity index (χ0n) is 11.1. The number of halogens is 3. The second-order valence-electron chi connectivity index (χ2n) is 4.27. The van der Waals surface area contributed by atoms with Gasteiger partial charge in [0, 0.05) is 12.6 Å². The molecule has 0 fully saturated rings. The highest BCUT2D eigenvalue weighted by Crippen LogP contribution is 2.29. The molecule has 0 saturated carbocycles. The number of aliphatic hydroxyl groups is 1. The summed E-state index contributed by atoms with van der Waals surface area (Å²) in [5.74, 6) is 0.262. The maximum absolute atomic E-state index is 12.7. The third-order valence-corrected chi connectivity index (χ3v) is 3.04. The zero-order valence-corrected chi connectivity index (χ0v) is 11.1. The monoisotopic (exact) mass is 276 g/mol. The van der Waals surface area contributed by atoms with Crippen LogP contribution in [0.5, 0.6) is 0 Å². The summed E-state index contributed by atoms with van der Waals surface area (Å²) in [7, 11) is 0. The van der Waals surface area contributed by atoms with Crippen molar-refractivity contribution in [3.05, 3.63) is 23.9 Å². The van der Waals surface area contributed by atoms with Crippen molar-refractivity contribution >= 4 is 5.82 Å². The summed E-state index contributed by atoms with van der Waals surface area (Å²) in [5.41, 5.74) is -0.904. The normalized spacial score (nSPS) is 11.9. The molecule has 0 bridgehead atoms. The second kappa shape index (κ2) is 6.75. The second-order valence-corrected chi connectivity index (χ2v) is 4.27. The number of anilines is 1. The molecule has 0 unspecified atom stereocenters. The first-order valence-electron chi connectivity index (χ1n) is 6.35. The fourth-order valence-corrected chi connectivity index (χ4v) is 2.06. The van der Waals surface area contributed by atoms with E-state index >= 15 is 0 Å². The minimum Gasteiger partial charge on any atom is -0.395 e. The summed E-state index contributed by atoms with van der Waals surface area (Å²) in [6.07, 6.45) is -2.88. The van der Waals surface area contributed by atoms with E-state index < -0.39 is 11.9 Å². The Morgan fingerprint density at radius 3 is 2.37 bits per heavy atom. The van der Waals surface area contributed by atoms with Crippen molar-refractivity contribution in [1.82, 2.24) is 4.98 Å². The summed E-state index contributed by atoms with van der Waals surface area (Å²) in [6, 6.07) is 3.91. The average molecular weight is 276 g/mol. The lowest BCUT2D eigenvalue weighted by Crippen LogP contribution is -2.37. The van der Waals surface area contributed by atoms with Gasteiger partial charge in [-0.2, -0.15) is 13.2 Å². The number of rotatable bonds is 6. The van der Waals surface area contributed by atoms with Crippen LogP contribution in [-0.4, -0.2) is 29.3 Å². The lowest BCUT2D eigenvalue weighted by atomic mass is 10.1. The summed E-state index contributed by atoms with van der Waals surface area (Å²) in [6.45, 7) is 4.09. The van der Waals surface area contributed by atoms with E-state index in [1.54, 1.807) is 11.0 Å². The van der Waals surface area contributed by atoms with E-state index in [2.05, 4.69) is 4.98 Å². The standard InChI is InChI=1S/C13H19F3N2O/c1-3-10(4-2)18(8-9-19)12-7-5-6-11(17-12)13(14,15)16/h5-7,10,19H,3-4,8-9H2,1-2H3. The molecule has 6 heteroatoms. The van der Waals surface area contributed by atoms with Gasteiger partial charge in [-0.25, -0.2) is 4.98 Å². The molecule has 0 aliphatic carbocycles. The molecule has 0 amide bonds. The number of hydrogen-bond donors (Lipinski definition) is 1. The Bertz CT molecular complexity index is 392. The molecule has 0 atom stereocenters. The molecular weight excluding hydrogens is 257 g/mol. The van der Waals surface area contributed by atoms with Crippen molar-refractivity contribution in [3.63, 3.8) is 0 Å². The van der Waals surface area contributed by atoms with Gasteiger partial charge in [0.15, 0.2) is 0 Å². The van der Waals surface area contributed by atoms with E-state index in [-0.39, 0.29) is 25.0 Å². The third kappa shape index (κ3) is 4.09. The summed E-state index contributed by atoms with van der Waals surface area (Å²) < 4.78 is 38.0. The van der Waals surface area contributed by atoms with Gasteiger partial charge in [-0.05, 0) is 25.0 Å². The fraction of sp³-hybridized carbons (Fsp3) is 0.615. The molecule has 1 aromatic rings. The molecule has 0 radical (unpaired) electrons. The van der Waals surface area contributed by atoms with Crippen molar-refractivity contribution in [3.8, 4) is 0 Å². The number of pyridine rings is 1. The first kappa shape index (κ1) is 15.8. The van der Waals surface area contributed by atoms with Crippen LogP contribution in [0.4, 0.5) is 19.0 Å². The Hall–Kier alpha value is -1.30. The first-order valence-corrected chi connectivity index (χ1v) is 6.35. The first-order chi connectivity index (χ1) is 8.93. The molecule has 108 valence electrons. The van der Waals surface area contributed by atoms with E-state index in [0.29, 0.717) is 0 Å². The van der Waals surface area contributed by atoms with E-state index in [1.807, 2.05) is 13.8 Å². The van der Waals surface area contributed by atoms with Crippen LogP contribution in [0, 0.1) is 0 Å². The van der Waals surface area contributed by atoms with Crippen LogP contribution in [0.2, 0.25) is 0 Å². The number of hydrogen-bond acceptors (Lipinski definition) is 3. The predicted molar refractivity (Wildman–Crippen MR) is 68.0 cm³/mol. The van der Waals surface area contributed by atoms with Gasteiger partial charge in [-0.3, -0.25) is 0 Å². The molecule has 3 nitrogen and oxygen atoms in total. The van der Waals surface area contributed by atoms with E-state index in [1.165, 1.54) is 6.07 Å². The quantitative estimate of drug-likeness (QED) is 0.867. The van der Waals surface area contributed by atoms with Crippen molar-refractivity contribution < 1.29 is 18.3 Å². The molecule has 19 heavy (non-hydrogen) atoms. The zero-order chi connectivity index (χ0) is 14.5. The lowest BCUT2D eigenvalue weighted by molar-refractivity contribution is -0.141. The van der Waals surface area contributed by atoms with Crippen molar-refractivity contribution in [2.75, 3.05) is 18.1 Å². The topological polar surface area (TPSA) is 36.4 Å². The molecule has 0 aliphatic heterocycles. The minimum atomic E-state index is -4.45. The van der Waals surface area contributed by atoms with Crippen LogP contribution in [0.25, 0.3) is 0 Å². The van der Waals surface area contributed by atoms with Crippen LogP contribution < -0.4 is 4.90 Å². The average Bonchev–Trinajstić information content (AvgIpc) is 2.38. The van der Waals surface area contributed by atoms with Gasteiger partial charge < -0.3 is 10.0 Å². The molecule has 0 aromatic carbocycles. The molecule has 1 rings (SSSR count). The van der Waals surface area contributed by atoms with Gasteiger partial charge in [0.25, 0.3) is 0 Å². The van der Waals surface area contributed by atoms with Crippen LogP contribution in [-0.2, 0) is 6.18 Å². The smallest absolute Gasteiger partial charge is 0.395 e. The number of nitrogens with zero attached hydrogens (tertiary/aromatic N) is 2. The highest BCUT2D eigenvalue weighted by Gasteiger charge is 2.33. The molecule has 1 aromatic heterocycles. The number of aliphatic hydroxyl groups excluding tert-OH is 1.